The van der Waals surface area contributed by atoms with Crippen LogP contribution < -0.4 is 0 Å². The molecule has 0 radical (unpaired) electrons. The summed E-state index contributed by atoms with van der Waals surface area (Å²) in [5.74, 6) is 1.23. The fraction of sp³-hybridized carbons (Fsp3) is 0.538. The monoisotopic (exact) mass is 399 g/mol. The van der Waals surface area contributed by atoms with Crippen molar-refractivity contribution in [1.29, 1.82) is 0 Å². The number of thioether (sulfide) groups is 1. The third kappa shape index (κ3) is 4.37. The van der Waals surface area contributed by atoms with Crippen molar-refractivity contribution in [2.24, 2.45) is 0 Å². The second-order valence-corrected chi connectivity index (χ2v) is 8.62. The van der Waals surface area contributed by atoms with Crippen LogP contribution in [0.5, 0.6) is 0 Å². The van der Waals surface area contributed by atoms with Gasteiger partial charge in [0.15, 0.2) is 0 Å². The number of hydrogen-bond donors (Lipinski definition) is 0. The number of rotatable bonds is 7. The Kier molecular flexibility index (Phi) is 7.35. The summed E-state index contributed by atoms with van der Waals surface area (Å²) in [5.41, 5.74) is 0.790. The summed E-state index contributed by atoms with van der Waals surface area (Å²) in [5, 5.41) is 0. The van der Waals surface area contributed by atoms with Crippen molar-refractivity contribution in [3.05, 3.63) is 28.2 Å². The highest BCUT2D eigenvalue weighted by molar-refractivity contribution is 9.10. The van der Waals surface area contributed by atoms with Gasteiger partial charge >= 0.3 is 0 Å². The highest BCUT2D eigenvalue weighted by Gasteiger charge is 2.27. The number of halogens is 2. The van der Waals surface area contributed by atoms with Gasteiger partial charge in [-0.3, -0.25) is 0 Å². The molecule has 0 aliphatic rings. The predicted molar refractivity (Wildman–Crippen MR) is 91.1 cm³/mol. The van der Waals surface area contributed by atoms with E-state index in [4.69, 9.17) is 11.6 Å². The molecular weight excluding hydrogens is 382 g/mol. The quantitative estimate of drug-likeness (QED) is 0.650. The summed E-state index contributed by atoms with van der Waals surface area (Å²) in [4.78, 5) is 0.272. The molecule has 0 heterocycles. The molecule has 1 aromatic rings. The molecular formula is C13H19BrClNO2S2. The lowest BCUT2D eigenvalue weighted by Gasteiger charge is -2.24. The largest absolute Gasteiger partial charge is 0.244 e. The minimum absolute atomic E-state index is 0.0426. The van der Waals surface area contributed by atoms with Gasteiger partial charge in [0.25, 0.3) is 0 Å². The van der Waals surface area contributed by atoms with E-state index in [2.05, 4.69) is 15.9 Å². The summed E-state index contributed by atoms with van der Waals surface area (Å²) >= 11 is 10.8. The molecule has 114 valence electrons. The zero-order chi connectivity index (χ0) is 15.3. The predicted octanol–water partition coefficient (Wildman–Crippen LogP) is 3.95. The van der Waals surface area contributed by atoms with Gasteiger partial charge < -0.3 is 0 Å². The van der Waals surface area contributed by atoms with Gasteiger partial charge in [-0.1, -0.05) is 6.07 Å². The van der Waals surface area contributed by atoms with Crippen LogP contribution in [-0.4, -0.2) is 37.8 Å². The molecule has 0 spiro atoms. The number of sulfonamides is 1. The van der Waals surface area contributed by atoms with E-state index in [1.807, 2.05) is 19.2 Å². The zero-order valence-electron chi connectivity index (χ0n) is 11.8. The molecule has 3 nitrogen and oxygen atoms in total. The second-order valence-electron chi connectivity index (χ2n) is 4.55. The van der Waals surface area contributed by atoms with Gasteiger partial charge in [0.1, 0.15) is 0 Å². The van der Waals surface area contributed by atoms with Crippen LogP contribution in [0.15, 0.2) is 27.6 Å². The van der Waals surface area contributed by atoms with E-state index >= 15 is 0 Å². The van der Waals surface area contributed by atoms with Crippen LogP contribution in [-0.2, 0) is 15.9 Å². The molecule has 1 aromatic carbocycles. The Hall–Kier alpha value is 0.250. The average molecular weight is 401 g/mol. The Bertz CT molecular complexity index is 551. The second kappa shape index (κ2) is 8.03. The van der Waals surface area contributed by atoms with Crippen LogP contribution in [0.25, 0.3) is 0 Å². The molecule has 1 unspecified atom stereocenters. The number of hydrogen-bond acceptors (Lipinski definition) is 3. The maximum absolute atomic E-state index is 12.7. The van der Waals surface area contributed by atoms with E-state index in [0.29, 0.717) is 10.4 Å². The third-order valence-corrected chi connectivity index (χ3v) is 7.09. The molecule has 1 rings (SSSR count). The molecule has 0 bridgehead atoms. The van der Waals surface area contributed by atoms with Crippen molar-refractivity contribution in [3.8, 4) is 0 Å². The standard InChI is InChI=1S/C13H19BrClNO2S2/c1-10(6-7-19-3)16(2)20(17,18)13-8-11(9-15)4-5-12(13)14/h4-5,8,10H,6-7,9H2,1-3H3. The van der Waals surface area contributed by atoms with Gasteiger partial charge in [0.05, 0.1) is 4.90 Å². The highest BCUT2D eigenvalue weighted by Crippen LogP contribution is 2.27. The Morgan fingerprint density at radius 3 is 2.65 bits per heavy atom. The van der Waals surface area contributed by atoms with Crippen molar-refractivity contribution in [2.45, 2.75) is 30.2 Å². The SMILES string of the molecule is CSCCC(C)N(C)S(=O)(=O)c1cc(CCl)ccc1Br. The molecule has 0 amide bonds. The van der Waals surface area contributed by atoms with Crippen LogP contribution in [0.4, 0.5) is 0 Å². The van der Waals surface area contributed by atoms with E-state index in [-0.39, 0.29) is 10.9 Å². The van der Waals surface area contributed by atoms with Crippen molar-refractivity contribution in [3.63, 3.8) is 0 Å². The maximum atomic E-state index is 12.7. The van der Waals surface area contributed by atoms with Crippen molar-refractivity contribution in [1.82, 2.24) is 4.31 Å². The Labute approximate surface area is 139 Å². The normalized spacial score (nSPS) is 13.7. The Morgan fingerprint density at radius 2 is 2.10 bits per heavy atom. The summed E-state index contributed by atoms with van der Waals surface area (Å²) < 4.78 is 27.3. The molecule has 0 fully saturated rings. The van der Waals surface area contributed by atoms with Gasteiger partial charge in [0.2, 0.25) is 10.0 Å². The van der Waals surface area contributed by atoms with Crippen molar-refractivity contribution < 1.29 is 8.42 Å². The van der Waals surface area contributed by atoms with Gasteiger partial charge in [-0.25, -0.2) is 8.42 Å². The van der Waals surface area contributed by atoms with Crippen molar-refractivity contribution >= 4 is 49.3 Å². The van der Waals surface area contributed by atoms with Crippen LogP contribution in [0, 0.1) is 0 Å². The van der Waals surface area contributed by atoms with Crippen LogP contribution in [0.2, 0.25) is 0 Å². The van der Waals surface area contributed by atoms with E-state index in [0.717, 1.165) is 17.7 Å². The van der Waals surface area contributed by atoms with Crippen molar-refractivity contribution in [2.75, 3.05) is 19.1 Å². The lowest BCUT2D eigenvalue weighted by atomic mass is 10.2. The van der Waals surface area contributed by atoms with E-state index in [1.54, 1.807) is 30.9 Å². The first kappa shape index (κ1) is 18.3. The Balaban J connectivity index is 3.09. The minimum atomic E-state index is -3.51. The lowest BCUT2D eigenvalue weighted by Crippen LogP contribution is -2.35. The molecule has 0 N–H and O–H groups in total. The van der Waals surface area contributed by atoms with Gasteiger partial charge in [-0.05, 0) is 59.0 Å². The third-order valence-electron chi connectivity index (χ3n) is 3.17. The van der Waals surface area contributed by atoms with E-state index in [1.165, 1.54) is 4.31 Å². The molecule has 20 heavy (non-hydrogen) atoms. The first-order chi connectivity index (χ1) is 9.34. The fourth-order valence-corrected chi connectivity index (χ4v) is 4.80. The van der Waals surface area contributed by atoms with Gasteiger partial charge in [-0.15, -0.1) is 11.6 Å². The fourth-order valence-electron chi connectivity index (χ4n) is 1.69. The number of nitrogens with zero attached hydrogens (tertiary/aromatic N) is 1. The highest BCUT2D eigenvalue weighted by atomic mass is 79.9. The van der Waals surface area contributed by atoms with E-state index < -0.39 is 10.0 Å². The number of benzene rings is 1. The molecule has 0 saturated carbocycles. The van der Waals surface area contributed by atoms with Gasteiger partial charge in [-0.2, -0.15) is 16.1 Å². The maximum Gasteiger partial charge on any atom is 0.244 e. The molecule has 1 atom stereocenters. The smallest absolute Gasteiger partial charge is 0.207 e. The summed E-state index contributed by atoms with van der Waals surface area (Å²) in [6.45, 7) is 1.92. The first-order valence-electron chi connectivity index (χ1n) is 6.16. The van der Waals surface area contributed by atoms with Crippen LogP contribution >= 0.6 is 39.3 Å². The van der Waals surface area contributed by atoms with Gasteiger partial charge in [0, 0.05) is 23.4 Å². The molecule has 0 aliphatic carbocycles. The Morgan fingerprint density at radius 1 is 1.45 bits per heavy atom. The van der Waals surface area contributed by atoms with E-state index in [9.17, 15) is 8.42 Å². The zero-order valence-corrected chi connectivity index (χ0v) is 15.7. The minimum Gasteiger partial charge on any atom is -0.207 e. The summed E-state index contributed by atoms with van der Waals surface area (Å²) in [6.07, 6.45) is 2.84. The average Bonchev–Trinajstić information content (AvgIpc) is 2.44. The molecule has 0 aliphatic heterocycles. The lowest BCUT2D eigenvalue weighted by molar-refractivity contribution is 0.382. The first-order valence-corrected chi connectivity index (χ1v) is 10.3. The summed E-state index contributed by atoms with van der Waals surface area (Å²) in [6, 6.07) is 5.13. The molecule has 0 saturated heterocycles. The van der Waals surface area contributed by atoms with Crippen LogP contribution in [0.1, 0.15) is 18.9 Å². The molecule has 7 heteroatoms. The number of alkyl halides is 1. The van der Waals surface area contributed by atoms with Crippen LogP contribution in [0.3, 0.4) is 0 Å². The summed E-state index contributed by atoms with van der Waals surface area (Å²) in [7, 11) is -1.89. The molecule has 0 aromatic heterocycles. The topological polar surface area (TPSA) is 37.4 Å².